The van der Waals surface area contributed by atoms with Gasteiger partial charge in [-0.05, 0) is 75.2 Å². The molecule has 0 aromatic heterocycles. The molecule has 2 rings (SSSR count). The zero-order valence-corrected chi connectivity index (χ0v) is 25.2. The van der Waals surface area contributed by atoms with E-state index in [-0.39, 0.29) is 11.1 Å². The van der Waals surface area contributed by atoms with Gasteiger partial charge >= 0.3 is 11.9 Å². The lowest BCUT2D eigenvalue weighted by atomic mass is 9.92. The minimum Gasteiger partial charge on any atom is -0.461 e. The van der Waals surface area contributed by atoms with Gasteiger partial charge in [0, 0.05) is 37.6 Å². The van der Waals surface area contributed by atoms with E-state index in [4.69, 9.17) is 9.47 Å². The molecular formula is C33H40N4O6. The highest BCUT2D eigenvalue weighted by molar-refractivity contribution is 5.98. The molecule has 0 heterocycles. The largest absolute Gasteiger partial charge is 0.461 e. The monoisotopic (exact) mass is 588 g/mol. The highest BCUT2D eigenvalue weighted by Gasteiger charge is 2.34. The number of rotatable bonds is 16. The summed E-state index contributed by atoms with van der Waals surface area (Å²) in [5.74, 6) is -1.92. The molecule has 0 unspecified atom stereocenters. The molecule has 0 fully saturated rings. The van der Waals surface area contributed by atoms with Crippen molar-refractivity contribution in [3.05, 3.63) is 70.8 Å². The molecule has 0 bridgehead atoms. The average Bonchev–Trinajstić information content (AvgIpc) is 3.05. The number of carbonyl (C=O) groups excluding carboxylic acids is 2. The summed E-state index contributed by atoms with van der Waals surface area (Å²) in [6.07, 6.45) is 2.76. The molecule has 0 radical (unpaired) electrons. The van der Waals surface area contributed by atoms with Gasteiger partial charge in [0.05, 0.1) is 18.6 Å². The van der Waals surface area contributed by atoms with Crippen LogP contribution in [0.4, 0.5) is 11.4 Å². The fraction of sp³-hybridized carbons (Fsp3) is 0.394. The second-order valence-electron chi connectivity index (χ2n) is 9.84. The molecule has 10 nitrogen and oxygen atoms in total. The van der Waals surface area contributed by atoms with Gasteiger partial charge in [0.25, 0.3) is 0 Å². The third-order valence-corrected chi connectivity index (χ3v) is 7.04. The molecular weight excluding hydrogens is 548 g/mol. The van der Waals surface area contributed by atoms with Crippen LogP contribution in [0.2, 0.25) is 0 Å². The van der Waals surface area contributed by atoms with Crippen LogP contribution in [-0.4, -0.2) is 74.8 Å². The lowest BCUT2D eigenvalue weighted by Crippen LogP contribution is -2.41. The van der Waals surface area contributed by atoms with Gasteiger partial charge in [0.15, 0.2) is 0 Å². The standard InChI is InChI=1S/C33H40N4O6/c1-5-36(6-2)29-13-9-25(10-14-29)17-27(19-34)31(40)42-23-33(21-38,22-39)24-43-32(41)28(20-35)18-26-11-15-30(16-12-26)37(7-3)8-4/h9-18,38-39H,5-8,21-24H2,1-4H3/b27-17+,28-18+. The number of aliphatic hydroxyl groups excluding tert-OH is 2. The Labute approximate surface area is 253 Å². The minimum absolute atomic E-state index is 0.279. The Morgan fingerprint density at radius 1 is 0.698 bits per heavy atom. The van der Waals surface area contributed by atoms with Crippen LogP contribution >= 0.6 is 0 Å². The SMILES string of the molecule is CCN(CC)c1ccc(/C=C(\C#N)C(=O)OCC(CO)(CO)COC(=O)/C(C#N)=C/c2ccc(N(CC)CC)cc2)cc1. The van der Waals surface area contributed by atoms with E-state index in [1.807, 2.05) is 64.1 Å². The summed E-state index contributed by atoms with van der Waals surface area (Å²) in [4.78, 5) is 29.7. The summed E-state index contributed by atoms with van der Waals surface area (Å²) in [5, 5.41) is 39.0. The van der Waals surface area contributed by atoms with E-state index < -0.39 is 43.8 Å². The van der Waals surface area contributed by atoms with Crippen LogP contribution in [0.3, 0.4) is 0 Å². The normalized spacial score (nSPS) is 11.7. The molecule has 0 aliphatic heterocycles. The zero-order valence-electron chi connectivity index (χ0n) is 25.2. The molecule has 0 aliphatic carbocycles. The number of hydrogen-bond acceptors (Lipinski definition) is 10. The number of esters is 2. The van der Waals surface area contributed by atoms with Crippen LogP contribution < -0.4 is 9.80 Å². The van der Waals surface area contributed by atoms with Crippen LogP contribution in [0.25, 0.3) is 12.2 Å². The molecule has 0 amide bonds. The number of ether oxygens (including phenoxy) is 2. The van der Waals surface area contributed by atoms with Gasteiger partial charge in [-0.25, -0.2) is 9.59 Å². The lowest BCUT2D eigenvalue weighted by molar-refractivity contribution is -0.153. The molecule has 10 heteroatoms. The summed E-state index contributed by atoms with van der Waals surface area (Å²) in [7, 11) is 0. The molecule has 2 aromatic rings. The van der Waals surface area contributed by atoms with Crippen molar-refractivity contribution in [2.45, 2.75) is 27.7 Å². The van der Waals surface area contributed by atoms with E-state index in [9.17, 15) is 30.3 Å². The molecule has 0 atom stereocenters. The van der Waals surface area contributed by atoms with Crippen molar-refractivity contribution in [3.8, 4) is 12.1 Å². The maximum absolute atomic E-state index is 12.7. The predicted molar refractivity (Wildman–Crippen MR) is 166 cm³/mol. The first-order valence-corrected chi connectivity index (χ1v) is 14.2. The van der Waals surface area contributed by atoms with Crippen LogP contribution in [0.15, 0.2) is 59.7 Å². The zero-order chi connectivity index (χ0) is 31.8. The number of benzene rings is 2. The van der Waals surface area contributed by atoms with E-state index in [0.29, 0.717) is 11.1 Å². The molecule has 0 aliphatic rings. The van der Waals surface area contributed by atoms with Gasteiger partial charge in [0.1, 0.15) is 36.5 Å². The quantitative estimate of drug-likeness (QED) is 0.168. The number of nitrogens with zero attached hydrogens (tertiary/aromatic N) is 4. The summed E-state index contributed by atoms with van der Waals surface area (Å²) >= 11 is 0. The molecule has 43 heavy (non-hydrogen) atoms. The Hall–Kier alpha value is -4.64. The van der Waals surface area contributed by atoms with Crippen LogP contribution in [0, 0.1) is 28.1 Å². The Balaban J connectivity index is 2.08. The van der Waals surface area contributed by atoms with Crippen molar-refractivity contribution >= 4 is 35.5 Å². The lowest BCUT2D eigenvalue weighted by Gasteiger charge is -2.28. The average molecular weight is 589 g/mol. The number of anilines is 2. The van der Waals surface area contributed by atoms with E-state index >= 15 is 0 Å². The smallest absolute Gasteiger partial charge is 0.348 e. The molecule has 0 saturated carbocycles. The van der Waals surface area contributed by atoms with Crippen molar-refractivity contribution in [1.29, 1.82) is 10.5 Å². The van der Waals surface area contributed by atoms with Gasteiger partial charge in [-0.1, -0.05) is 24.3 Å². The number of hydrogen-bond donors (Lipinski definition) is 2. The van der Waals surface area contributed by atoms with Gasteiger partial charge in [-0.2, -0.15) is 10.5 Å². The molecule has 228 valence electrons. The van der Waals surface area contributed by atoms with Crippen molar-refractivity contribution < 1.29 is 29.3 Å². The number of carbonyl (C=O) groups is 2. The van der Waals surface area contributed by atoms with E-state index in [2.05, 4.69) is 9.80 Å². The van der Waals surface area contributed by atoms with Crippen molar-refractivity contribution in [3.63, 3.8) is 0 Å². The second kappa shape index (κ2) is 17.3. The highest BCUT2D eigenvalue weighted by Crippen LogP contribution is 2.22. The van der Waals surface area contributed by atoms with E-state index in [0.717, 1.165) is 37.6 Å². The van der Waals surface area contributed by atoms with E-state index in [1.54, 1.807) is 24.3 Å². The van der Waals surface area contributed by atoms with Gasteiger partial charge < -0.3 is 29.5 Å². The topological polar surface area (TPSA) is 147 Å². The van der Waals surface area contributed by atoms with Gasteiger partial charge in [-0.3, -0.25) is 0 Å². The Bertz CT molecular complexity index is 1240. The van der Waals surface area contributed by atoms with Crippen LogP contribution in [-0.2, 0) is 19.1 Å². The fourth-order valence-corrected chi connectivity index (χ4v) is 4.21. The first kappa shape index (κ1) is 34.6. The number of aliphatic hydroxyl groups is 2. The van der Waals surface area contributed by atoms with Crippen LogP contribution in [0.5, 0.6) is 0 Å². The molecule has 2 aromatic carbocycles. The Morgan fingerprint density at radius 2 is 1.02 bits per heavy atom. The van der Waals surface area contributed by atoms with Gasteiger partial charge in [-0.15, -0.1) is 0 Å². The Morgan fingerprint density at radius 3 is 1.28 bits per heavy atom. The van der Waals surface area contributed by atoms with Crippen molar-refractivity contribution in [2.75, 3.05) is 62.4 Å². The minimum atomic E-state index is -1.55. The first-order valence-electron chi connectivity index (χ1n) is 14.2. The summed E-state index contributed by atoms with van der Waals surface area (Å²) in [5.41, 5.74) is 1.15. The summed E-state index contributed by atoms with van der Waals surface area (Å²) in [6.45, 7) is 9.10. The van der Waals surface area contributed by atoms with Crippen LogP contribution in [0.1, 0.15) is 38.8 Å². The third kappa shape index (κ3) is 9.71. The summed E-state index contributed by atoms with van der Waals surface area (Å²) in [6, 6.07) is 18.3. The molecule has 2 N–H and O–H groups in total. The maximum atomic E-state index is 12.7. The first-order chi connectivity index (χ1) is 20.7. The number of nitriles is 2. The molecule has 0 saturated heterocycles. The Kier molecular flexibility index (Phi) is 13.9. The van der Waals surface area contributed by atoms with Crippen molar-refractivity contribution in [2.24, 2.45) is 5.41 Å². The second-order valence-corrected chi connectivity index (χ2v) is 9.84. The van der Waals surface area contributed by atoms with Gasteiger partial charge in [0.2, 0.25) is 0 Å². The summed E-state index contributed by atoms with van der Waals surface area (Å²) < 4.78 is 10.5. The van der Waals surface area contributed by atoms with E-state index in [1.165, 1.54) is 12.2 Å². The third-order valence-electron chi connectivity index (χ3n) is 7.04. The van der Waals surface area contributed by atoms with Crippen molar-refractivity contribution in [1.82, 2.24) is 0 Å². The maximum Gasteiger partial charge on any atom is 0.348 e. The highest BCUT2D eigenvalue weighted by atomic mass is 16.6. The predicted octanol–water partition coefficient (Wildman–Crippen LogP) is 3.95. The molecule has 0 spiro atoms. The fourth-order valence-electron chi connectivity index (χ4n) is 4.21.